The molecule has 98 valence electrons. The molecule has 0 fully saturated rings. The highest BCUT2D eigenvalue weighted by atomic mass is 32.1. The Morgan fingerprint density at radius 2 is 1.67 bits per heavy atom. The highest BCUT2D eigenvalue weighted by Crippen LogP contribution is 2.22. The summed E-state index contributed by atoms with van der Waals surface area (Å²) in [6.45, 7) is 2.43. The molecule has 0 bridgehead atoms. The highest BCUT2D eigenvalue weighted by Gasteiger charge is 2.22. The van der Waals surface area contributed by atoms with Gasteiger partial charge < -0.3 is 15.1 Å². The van der Waals surface area contributed by atoms with E-state index in [1.54, 1.807) is 6.07 Å². The topological polar surface area (TPSA) is 94.9 Å². The van der Waals surface area contributed by atoms with Gasteiger partial charge in [-0.2, -0.15) is 0 Å². The molecule has 1 aromatic rings. The number of rotatable bonds is 5. The zero-order valence-corrected chi connectivity index (χ0v) is 10.8. The lowest BCUT2D eigenvalue weighted by molar-refractivity contribution is -0.140. The molecule has 6 nitrogen and oxygen atoms in total. The second kappa shape index (κ2) is 5.63. The molecule has 7 heteroatoms. The Morgan fingerprint density at radius 1 is 1.17 bits per heavy atom. The first kappa shape index (κ1) is 14.2. The third-order valence-electron chi connectivity index (χ3n) is 2.32. The summed E-state index contributed by atoms with van der Waals surface area (Å²) in [7, 11) is 0. The number of aryl methyl sites for hydroxylation is 2. The molecule has 0 aliphatic carbocycles. The normalized spacial score (nSPS) is 10.1. The molecule has 18 heavy (non-hydrogen) atoms. The zero-order chi connectivity index (χ0) is 13.9. The lowest BCUT2D eigenvalue weighted by Gasteiger charge is -2.17. The Morgan fingerprint density at radius 3 is 2.00 bits per heavy atom. The van der Waals surface area contributed by atoms with Crippen LogP contribution in [0.5, 0.6) is 0 Å². The summed E-state index contributed by atoms with van der Waals surface area (Å²) in [5.74, 6) is -3.05. The summed E-state index contributed by atoms with van der Waals surface area (Å²) < 4.78 is 0. The molecule has 0 saturated heterocycles. The van der Waals surface area contributed by atoms with Gasteiger partial charge in [-0.1, -0.05) is 0 Å². The van der Waals surface area contributed by atoms with Crippen molar-refractivity contribution >= 4 is 29.2 Å². The first-order valence-corrected chi connectivity index (χ1v) is 5.92. The van der Waals surface area contributed by atoms with E-state index in [-0.39, 0.29) is 0 Å². The van der Waals surface area contributed by atoms with Crippen LogP contribution in [0.4, 0.5) is 0 Å². The Bertz CT molecular complexity index is 458. The molecule has 1 heterocycles. The van der Waals surface area contributed by atoms with Gasteiger partial charge in [-0.25, -0.2) is 0 Å². The second-order valence-corrected chi connectivity index (χ2v) is 5.05. The minimum absolute atomic E-state index is 0.354. The van der Waals surface area contributed by atoms with Gasteiger partial charge in [0.2, 0.25) is 0 Å². The molecular weight excluding hydrogens is 258 g/mol. The molecule has 0 unspecified atom stereocenters. The summed E-state index contributed by atoms with van der Waals surface area (Å²) in [6.07, 6.45) is 0. The van der Waals surface area contributed by atoms with Crippen molar-refractivity contribution in [2.75, 3.05) is 13.1 Å². The average molecular weight is 271 g/mol. The van der Waals surface area contributed by atoms with Gasteiger partial charge in [-0.05, 0) is 25.5 Å². The van der Waals surface area contributed by atoms with Crippen LogP contribution in [-0.4, -0.2) is 46.0 Å². The largest absolute Gasteiger partial charge is 0.480 e. The summed E-state index contributed by atoms with van der Waals surface area (Å²) in [5, 5.41) is 17.3. The van der Waals surface area contributed by atoms with Crippen LogP contribution in [0.25, 0.3) is 0 Å². The fourth-order valence-corrected chi connectivity index (χ4v) is 2.36. The van der Waals surface area contributed by atoms with Crippen LogP contribution in [0.2, 0.25) is 0 Å². The molecule has 1 rings (SSSR count). The number of carbonyl (C=O) groups is 3. The van der Waals surface area contributed by atoms with Gasteiger partial charge >= 0.3 is 11.9 Å². The van der Waals surface area contributed by atoms with E-state index in [0.717, 1.165) is 15.3 Å². The third kappa shape index (κ3) is 3.56. The molecule has 2 N–H and O–H groups in total. The van der Waals surface area contributed by atoms with E-state index in [1.807, 2.05) is 13.8 Å². The number of amides is 1. The van der Waals surface area contributed by atoms with Crippen molar-refractivity contribution in [1.82, 2.24) is 4.90 Å². The standard InChI is InChI=1S/C11H13NO5S/c1-6-3-8(18-7(6)2)11(17)12(4-9(13)14)5-10(15)16/h3H,4-5H2,1-2H3,(H,13,14)(H,15,16). The Hall–Kier alpha value is -1.89. The van der Waals surface area contributed by atoms with Crippen molar-refractivity contribution in [3.8, 4) is 0 Å². The Labute approximate surface area is 107 Å². The van der Waals surface area contributed by atoms with Crippen molar-refractivity contribution in [2.45, 2.75) is 13.8 Å². The summed E-state index contributed by atoms with van der Waals surface area (Å²) in [5.41, 5.74) is 0.925. The summed E-state index contributed by atoms with van der Waals surface area (Å²) >= 11 is 1.23. The number of hydrogen-bond donors (Lipinski definition) is 2. The number of carboxylic acid groups (broad SMARTS) is 2. The van der Waals surface area contributed by atoms with Crippen LogP contribution >= 0.6 is 11.3 Å². The molecular formula is C11H13NO5S. The summed E-state index contributed by atoms with van der Waals surface area (Å²) in [6, 6.07) is 1.64. The SMILES string of the molecule is Cc1cc(C(=O)N(CC(=O)O)CC(=O)O)sc1C. The van der Waals surface area contributed by atoms with Gasteiger partial charge in [0, 0.05) is 4.88 Å². The van der Waals surface area contributed by atoms with E-state index in [2.05, 4.69) is 0 Å². The highest BCUT2D eigenvalue weighted by molar-refractivity contribution is 7.14. The molecule has 0 aliphatic rings. The molecule has 0 aliphatic heterocycles. The second-order valence-electron chi connectivity index (χ2n) is 3.80. The smallest absolute Gasteiger partial charge is 0.323 e. The van der Waals surface area contributed by atoms with Crippen LogP contribution in [0.1, 0.15) is 20.1 Å². The fourth-order valence-electron chi connectivity index (χ4n) is 1.36. The van der Waals surface area contributed by atoms with E-state index in [0.29, 0.717) is 4.88 Å². The van der Waals surface area contributed by atoms with Crippen LogP contribution in [-0.2, 0) is 9.59 Å². The maximum Gasteiger partial charge on any atom is 0.323 e. The van der Waals surface area contributed by atoms with E-state index in [1.165, 1.54) is 11.3 Å². The van der Waals surface area contributed by atoms with E-state index < -0.39 is 30.9 Å². The zero-order valence-electron chi connectivity index (χ0n) is 9.97. The number of nitrogens with zero attached hydrogens (tertiary/aromatic N) is 1. The number of carboxylic acids is 2. The number of carbonyl (C=O) groups excluding carboxylic acids is 1. The van der Waals surface area contributed by atoms with Crippen LogP contribution in [0, 0.1) is 13.8 Å². The van der Waals surface area contributed by atoms with Gasteiger partial charge in [0.1, 0.15) is 13.1 Å². The number of aliphatic carboxylic acids is 2. The monoisotopic (exact) mass is 271 g/mol. The van der Waals surface area contributed by atoms with Gasteiger partial charge in [-0.15, -0.1) is 11.3 Å². The minimum atomic E-state index is -1.24. The van der Waals surface area contributed by atoms with E-state index >= 15 is 0 Å². The van der Waals surface area contributed by atoms with Crippen molar-refractivity contribution in [3.05, 3.63) is 21.4 Å². The molecule has 0 saturated carbocycles. The Balaban J connectivity index is 2.94. The van der Waals surface area contributed by atoms with Crippen LogP contribution in [0.15, 0.2) is 6.07 Å². The van der Waals surface area contributed by atoms with Crippen LogP contribution in [0.3, 0.4) is 0 Å². The molecule has 0 aromatic carbocycles. The number of thiophene rings is 1. The van der Waals surface area contributed by atoms with Gasteiger partial charge in [0.05, 0.1) is 4.88 Å². The molecule has 0 radical (unpaired) electrons. The lowest BCUT2D eigenvalue weighted by Crippen LogP contribution is -2.39. The molecule has 1 aromatic heterocycles. The lowest BCUT2D eigenvalue weighted by atomic mass is 10.2. The van der Waals surface area contributed by atoms with Gasteiger partial charge in [0.15, 0.2) is 0 Å². The van der Waals surface area contributed by atoms with E-state index in [9.17, 15) is 14.4 Å². The Kier molecular flexibility index (Phi) is 4.43. The quantitative estimate of drug-likeness (QED) is 0.832. The minimum Gasteiger partial charge on any atom is -0.480 e. The average Bonchev–Trinajstić information content (AvgIpc) is 2.56. The summed E-state index contributed by atoms with van der Waals surface area (Å²) in [4.78, 5) is 35.3. The van der Waals surface area contributed by atoms with Crippen molar-refractivity contribution in [3.63, 3.8) is 0 Å². The van der Waals surface area contributed by atoms with Crippen LogP contribution < -0.4 is 0 Å². The molecule has 1 amide bonds. The maximum absolute atomic E-state index is 12.0. The predicted molar refractivity (Wildman–Crippen MR) is 65.0 cm³/mol. The third-order valence-corrected chi connectivity index (χ3v) is 3.46. The first-order chi connectivity index (χ1) is 8.31. The van der Waals surface area contributed by atoms with Crippen molar-refractivity contribution in [2.24, 2.45) is 0 Å². The van der Waals surface area contributed by atoms with E-state index in [4.69, 9.17) is 10.2 Å². The van der Waals surface area contributed by atoms with Crippen molar-refractivity contribution < 1.29 is 24.6 Å². The molecule has 0 spiro atoms. The fraction of sp³-hybridized carbons (Fsp3) is 0.364. The predicted octanol–water partition coefficient (Wildman–Crippen LogP) is 0.976. The first-order valence-electron chi connectivity index (χ1n) is 5.11. The van der Waals surface area contributed by atoms with Crippen molar-refractivity contribution in [1.29, 1.82) is 0 Å². The van der Waals surface area contributed by atoms with Gasteiger partial charge in [0.25, 0.3) is 5.91 Å². The maximum atomic E-state index is 12.0. The van der Waals surface area contributed by atoms with Gasteiger partial charge in [-0.3, -0.25) is 14.4 Å². The molecule has 0 atom stereocenters. The number of hydrogen-bond acceptors (Lipinski definition) is 4.